The third-order valence-electron chi connectivity index (χ3n) is 4.47. The third-order valence-corrected chi connectivity index (χ3v) is 4.47. The molecule has 2 unspecified atom stereocenters. The highest BCUT2D eigenvalue weighted by Gasteiger charge is 2.18. The van der Waals surface area contributed by atoms with E-state index in [1.165, 1.54) is 64.3 Å². The van der Waals surface area contributed by atoms with E-state index in [9.17, 15) is 0 Å². The average molecular weight is 209 g/mol. The van der Waals surface area contributed by atoms with Crippen LogP contribution in [0.4, 0.5) is 0 Å². The van der Waals surface area contributed by atoms with E-state index in [0.717, 1.165) is 17.9 Å². The molecule has 2 fully saturated rings. The Balaban J connectivity index is 1.56. The van der Waals surface area contributed by atoms with Crippen LogP contribution in [0.25, 0.3) is 0 Å². The van der Waals surface area contributed by atoms with Crippen LogP contribution in [0, 0.1) is 11.8 Å². The molecule has 0 aromatic rings. The van der Waals surface area contributed by atoms with Crippen LogP contribution in [-0.4, -0.2) is 12.6 Å². The molecule has 2 aliphatic rings. The highest BCUT2D eigenvalue weighted by Crippen LogP contribution is 2.29. The number of nitrogens with one attached hydrogen (secondary N) is 1. The van der Waals surface area contributed by atoms with Gasteiger partial charge in [-0.05, 0) is 44.1 Å². The molecule has 2 saturated carbocycles. The normalized spacial score (nSPS) is 33.4. The van der Waals surface area contributed by atoms with Crippen molar-refractivity contribution in [2.75, 3.05) is 6.54 Å². The molecule has 1 N–H and O–H groups in total. The summed E-state index contributed by atoms with van der Waals surface area (Å²) in [5.41, 5.74) is 0. The van der Waals surface area contributed by atoms with Crippen LogP contribution in [0.1, 0.15) is 64.7 Å². The maximum Gasteiger partial charge on any atom is 0.00671 e. The minimum atomic E-state index is 0.843. The lowest BCUT2D eigenvalue weighted by Crippen LogP contribution is -2.31. The molecule has 0 bridgehead atoms. The van der Waals surface area contributed by atoms with Crippen LogP contribution in [0.2, 0.25) is 0 Å². The van der Waals surface area contributed by atoms with Gasteiger partial charge in [0.15, 0.2) is 0 Å². The van der Waals surface area contributed by atoms with Gasteiger partial charge in [-0.3, -0.25) is 0 Å². The molecule has 1 nitrogen and oxygen atoms in total. The van der Waals surface area contributed by atoms with Crippen LogP contribution in [-0.2, 0) is 0 Å². The van der Waals surface area contributed by atoms with Gasteiger partial charge in [0.05, 0.1) is 0 Å². The Bertz CT molecular complexity index is 174. The van der Waals surface area contributed by atoms with Gasteiger partial charge in [0.2, 0.25) is 0 Å². The molecule has 2 aliphatic carbocycles. The summed E-state index contributed by atoms with van der Waals surface area (Å²) in [6, 6.07) is 0.843. The van der Waals surface area contributed by atoms with E-state index in [0.29, 0.717) is 0 Å². The molecule has 0 radical (unpaired) electrons. The second-order valence-corrected chi connectivity index (χ2v) is 5.85. The van der Waals surface area contributed by atoms with E-state index in [1.54, 1.807) is 0 Å². The maximum absolute atomic E-state index is 3.78. The van der Waals surface area contributed by atoms with Crippen molar-refractivity contribution >= 4 is 0 Å². The van der Waals surface area contributed by atoms with Crippen LogP contribution >= 0.6 is 0 Å². The molecular formula is C14H27N. The van der Waals surface area contributed by atoms with Crippen molar-refractivity contribution in [3.8, 4) is 0 Å². The summed E-state index contributed by atoms with van der Waals surface area (Å²) < 4.78 is 0. The first kappa shape index (κ1) is 11.4. The molecule has 0 aliphatic heterocycles. The summed E-state index contributed by atoms with van der Waals surface area (Å²) in [6.07, 6.45) is 13.1. The topological polar surface area (TPSA) is 12.0 Å². The fraction of sp³-hybridized carbons (Fsp3) is 1.00. The van der Waals surface area contributed by atoms with Gasteiger partial charge in [-0.2, -0.15) is 0 Å². The molecule has 2 rings (SSSR count). The van der Waals surface area contributed by atoms with Gasteiger partial charge >= 0.3 is 0 Å². The summed E-state index contributed by atoms with van der Waals surface area (Å²) in [5.74, 6) is 2.05. The maximum atomic E-state index is 3.78. The van der Waals surface area contributed by atoms with E-state index >= 15 is 0 Å². The van der Waals surface area contributed by atoms with Gasteiger partial charge in [0, 0.05) is 6.04 Å². The van der Waals surface area contributed by atoms with Crippen molar-refractivity contribution in [3.05, 3.63) is 0 Å². The molecule has 0 heterocycles. The van der Waals surface area contributed by atoms with Crippen molar-refractivity contribution < 1.29 is 0 Å². The lowest BCUT2D eigenvalue weighted by Gasteiger charge is -2.26. The minimum absolute atomic E-state index is 0.843. The van der Waals surface area contributed by atoms with E-state index in [-0.39, 0.29) is 0 Å². The number of rotatable bonds is 4. The van der Waals surface area contributed by atoms with Crippen molar-refractivity contribution in [2.45, 2.75) is 70.8 Å². The molecule has 1 heteroatoms. The van der Waals surface area contributed by atoms with Crippen LogP contribution in [0.5, 0.6) is 0 Å². The zero-order valence-corrected chi connectivity index (χ0v) is 10.3. The van der Waals surface area contributed by atoms with Gasteiger partial charge in [0.25, 0.3) is 0 Å². The van der Waals surface area contributed by atoms with Gasteiger partial charge in [-0.15, -0.1) is 0 Å². The smallest absolute Gasteiger partial charge is 0.00671 e. The van der Waals surface area contributed by atoms with Gasteiger partial charge in [-0.1, -0.05) is 39.0 Å². The van der Waals surface area contributed by atoms with Gasteiger partial charge in [0.1, 0.15) is 0 Å². The van der Waals surface area contributed by atoms with Crippen molar-refractivity contribution in [3.63, 3.8) is 0 Å². The monoisotopic (exact) mass is 209 g/mol. The lowest BCUT2D eigenvalue weighted by atomic mass is 9.83. The third kappa shape index (κ3) is 3.79. The van der Waals surface area contributed by atoms with Crippen molar-refractivity contribution in [2.24, 2.45) is 11.8 Å². The predicted molar refractivity (Wildman–Crippen MR) is 66.0 cm³/mol. The Hall–Kier alpha value is -0.0400. The molecule has 88 valence electrons. The van der Waals surface area contributed by atoms with Gasteiger partial charge < -0.3 is 5.32 Å². The largest absolute Gasteiger partial charge is 0.314 e. The molecule has 0 saturated heterocycles. The van der Waals surface area contributed by atoms with Crippen LogP contribution in [0.3, 0.4) is 0 Å². The van der Waals surface area contributed by atoms with Gasteiger partial charge in [-0.25, -0.2) is 0 Å². The van der Waals surface area contributed by atoms with E-state index < -0.39 is 0 Å². The Morgan fingerprint density at radius 3 is 2.47 bits per heavy atom. The first-order valence-corrected chi connectivity index (χ1v) is 7.08. The SMILES string of the molecule is CC1CCCC(NCCC2CCC2)CC1. The van der Waals surface area contributed by atoms with E-state index in [2.05, 4.69) is 12.2 Å². The summed E-state index contributed by atoms with van der Waals surface area (Å²) >= 11 is 0. The minimum Gasteiger partial charge on any atom is -0.314 e. The summed E-state index contributed by atoms with van der Waals surface area (Å²) in [4.78, 5) is 0. The standard InChI is InChI=1S/C14H27N/c1-12-4-2-7-14(9-8-12)15-11-10-13-5-3-6-13/h12-15H,2-11H2,1H3. The molecule has 0 aromatic carbocycles. The summed E-state index contributed by atoms with van der Waals surface area (Å²) in [7, 11) is 0. The Morgan fingerprint density at radius 2 is 1.73 bits per heavy atom. The lowest BCUT2D eigenvalue weighted by molar-refractivity contribution is 0.284. The Kier molecular flexibility index (Phi) is 4.49. The molecule has 0 spiro atoms. The first-order valence-electron chi connectivity index (χ1n) is 7.08. The molecule has 0 aromatic heterocycles. The molecular weight excluding hydrogens is 182 g/mol. The first-order chi connectivity index (χ1) is 7.34. The molecule has 15 heavy (non-hydrogen) atoms. The fourth-order valence-electron chi connectivity index (χ4n) is 2.96. The van der Waals surface area contributed by atoms with Crippen molar-refractivity contribution in [1.29, 1.82) is 0 Å². The van der Waals surface area contributed by atoms with E-state index in [4.69, 9.17) is 0 Å². The second kappa shape index (κ2) is 5.89. The second-order valence-electron chi connectivity index (χ2n) is 5.85. The predicted octanol–water partition coefficient (Wildman–Crippen LogP) is 3.74. The summed E-state index contributed by atoms with van der Waals surface area (Å²) in [6.45, 7) is 3.69. The number of hydrogen-bond acceptors (Lipinski definition) is 1. The summed E-state index contributed by atoms with van der Waals surface area (Å²) in [5, 5.41) is 3.78. The quantitative estimate of drug-likeness (QED) is 0.696. The molecule has 2 atom stereocenters. The van der Waals surface area contributed by atoms with Crippen LogP contribution in [0.15, 0.2) is 0 Å². The average Bonchev–Trinajstić information content (AvgIpc) is 2.35. The highest BCUT2D eigenvalue weighted by molar-refractivity contribution is 4.75. The fourth-order valence-corrected chi connectivity index (χ4v) is 2.96. The zero-order chi connectivity index (χ0) is 10.5. The Labute approximate surface area is 95.0 Å². The highest BCUT2D eigenvalue weighted by atomic mass is 14.9. The van der Waals surface area contributed by atoms with Crippen molar-refractivity contribution in [1.82, 2.24) is 5.32 Å². The Morgan fingerprint density at radius 1 is 0.933 bits per heavy atom. The van der Waals surface area contributed by atoms with Crippen LogP contribution < -0.4 is 5.32 Å². The van der Waals surface area contributed by atoms with E-state index in [1.807, 2.05) is 0 Å². The number of hydrogen-bond donors (Lipinski definition) is 1. The zero-order valence-electron chi connectivity index (χ0n) is 10.3. The molecule has 0 amide bonds.